The van der Waals surface area contributed by atoms with E-state index in [1.807, 2.05) is 0 Å². The normalized spacial score (nSPS) is 20.9. The number of hydrogen-bond acceptors (Lipinski definition) is 2. The Labute approximate surface area is 92.8 Å². The summed E-state index contributed by atoms with van der Waals surface area (Å²) in [4.78, 5) is 11.7. The van der Waals surface area contributed by atoms with Gasteiger partial charge in [0.2, 0.25) is 5.91 Å². The van der Waals surface area contributed by atoms with Crippen molar-refractivity contribution in [3.63, 3.8) is 0 Å². The van der Waals surface area contributed by atoms with Gasteiger partial charge in [-0.25, -0.2) is 0 Å². The highest BCUT2D eigenvalue weighted by molar-refractivity contribution is 5.81. The summed E-state index contributed by atoms with van der Waals surface area (Å²) in [6.45, 7) is 6.26. The summed E-state index contributed by atoms with van der Waals surface area (Å²) in [5, 5.41) is 3.02. The molecule has 2 atom stereocenters. The van der Waals surface area contributed by atoms with Gasteiger partial charge in [-0.3, -0.25) is 4.79 Å². The summed E-state index contributed by atoms with van der Waals surface area (Å²) >= 11 is 0. The zero-order valence-electron chi connectivity index (χ0n) is 10.1. The second-order valence-corrected chi connectivity index (χ2v) is 5.22. The maximum atomic E-state index is 11.7. The molecule has 0 aliphatic heterocycles. The van der Waals surface area contributed by atoms with Crippen molar-refractivity contribution in [2.45, 2.75) is 58.5 Å². The molecule has 0 spiro atoms. The number of carbonyl (C=O) groups excluding carboxylic acids is 1. The molecule has 0 aromatic carbocycles. The van der Waals surface area contributed by atoms with Gasteiger partial charge in [0.25, 0.3) is 0 Å². The Morgan fingerprint density at radius 2 is 2.00 bits per heavy atom. The highest BCUT2D eigenvalue weighted by Gasteiger charge is 2.26. The lowest BCUT2D eigenvalue weighted by atomic mass is 9.80. The first-order chi connectivity index (χ1) is 7.00. The molecule has 0 heterocycles. The van der Waals surface area contributed by atoms with Crippen LogP contribution in [0.5, 0.6) is 0 Å². The van der Waals surface area contributed by atoms with Gasteiger partial charge in [-0.1, -0.05) is 20.3 Å². The third kappa shape index (κ3) is 3.82. The molecule has 1 aliphatic carbocycles. The Morgan fingerprint density at radius 3 is 2.40 bits per heavy atom. The van der Waals surface area contributed by atoms with Crippen LogP contribution in [0.3, 0.4) is 0 Å². The molecule has 3 N–H and O–H groups in total. The number of nitrogens with two attached hydrogens (primary N) is 1. The predicted octanol–water partition coefficient (Wildman–Crippen LogP) is 1.66. The Kier molecular flexibility index (Phi) is 4.58. The summed E-state index contributed by atoms with van der Waals surface area (Å²) in [6.07, 6.45) is 4.58. The van der Waals surface area contributed by atoms with Crippen molar-refractivity contribution in [3.05, 3.63) is 0 Å². The van der Waals surface area contributed by atoms with Crippen LogP contribution in [0.25, 0.3) is 0 Å². The monoisotopic (exact) mass is 212 g/mol. The molecule has 1 fully saturated rings. The number of rotatable bonds is 5. The van der Waals surface area contributed by atoms with Crippen molar-refractivity contribution in [2.75, 3.05) is 0 Å². The number of carbonyl (C=O) groups is 1. The van der Waals surface area contributed by atoms with E-state index in [1.54, 1.807) is 0 Å². The van der Waals surface area contributed by atoms with E-state index >= 15 is 0 Å². The molecule has 1 saturated carbocycles. The zero-order chi connectivity index (χ0) is 11.4. The minimum atomic E-state index is -0.340. The molecule has 0 saturated heterocycles. The lowest BCUT2D eigenvalue weighted by molar-refractivity contribution is -0.123. The first-order valence-electron chi connectivity index (χ1n) is 6.06. The Hall–Kier alpha value is -0.570. The largest absolute Gasteiger partial charge is 0.352 e. The van der Waals surface area contributed by atoms with Crippen LogP contribution in [0.2, 0.25) is 0 Å². The van der Waals surface area contributed by atoms with Gasteiger partial charge in [0.1, 0.15) is 0 Å². The molecule has 0 bridgehead atoms. The highest BCUT2D eigenvalue weighted by Crippen LogP contribution is 2.29. The van der Waals surface area contributed by atoms with Crippen LogP contribution in [-0.4, -0.2) is 18.0 Å². The van der Waals surface area contributed by atoms with Crippen molar-refractivity contribution >= 4 is 5.91 Å². The maximum absolute atomic E-state index is 11.7. The van der Waals surface area contributed by atoms with E-state index < -0.39 is 0 Å². The molecule has 1 unspecified atom stereocenters. The van der Waals surface area contributed by atoms with Crippen molar-refractivity contribution in [2.24, 2.45) is 17.6 Å². The van der Waals surface area contributed by atoms with Gasteiger partial charge in [0.05, 0.1) is 6.04 Å². The second kappa shape index (κ2) is 5.50. The summed E-state index contributed by atoms with van der Waals surface area (Å²) in [5.74, 6) is 1.17. The standard InChI is InChI=1S/C12H24N2O/c1-8(2)7-11(13)12(15)14-9(3)10-5-4-6-10/h8-11H,4-7,13H2,1-3H3,(H,14,15)/t9?,11-/m1/s1. The van der Waals surface area contributed by atoms with Crippen LogP contribution < -0.4 is 11.1 Å². The van der Waals surface area contributed by atoms with Crippen LogP contribution in [0.1, 0.15) is 46.5 Å². The quantitative estimate of drug-likeness (QED) is 0.728. The van der Waals surface area contributed by atoms with Gasteiger partial charge in [-0.2, -0.15) is 0 Å². The fourth-order valence-electron chi connectivity index (χ4n) is 2.00. The molecule has 0 aromatic rings. The van der Waals surface area contributed by atoms with Crippen LogP contribution in [-0.2, 0) is 4.79 Å². The van der Waals surface area contributed by atoms with Gasteiger partial charge < -0.3 is 11.1 Å². The topological polar surface area (TPSA) is 55.1 Å². The number of hydrogen-bond donors (Lipinski definition) is 2. The second-order valence-electron chi connectivity index (χ2n) is 5.22. The van der Waals surface area contributed by atoms with E-state index in [4.69, 9.17) is 5.73 Å². The summed E-state index contributed by atoms with van der Waals surface area (Å²) in [7, 11) is 0. The Balaban J connectivity index is 2.27. The SMILES string of the molecule is CC(C)C[C@@H](N)C(=O)NC(C)C1CCC1. The third-order valence-electron chi connectivity index (χ3n) is 3.29. The molecule has 1 aliphatic rings. The smallest absolute Gasteiger partial charge is 0.237 e. The zero-order valence-corrected chi connectivity index (χ0v) is 10.1. The van der Waals surface area contributed by atoms with E-state index in [1.165, 1.54) is 19.3 Å². The Bertz CT molecular complexity index is 212. The molecule has 0 aromatic heterocycles. The van der Waals surface area contributed by atoms with Crippen molar-refractivity contribution < 1.29 is 4.79 Å². The van der Waals surface area contributed by atoms with Gasteiger partial charge in [-0.05, 0) is 38.0 Å². The van der Waals surface area contributed by atoms with Crippen molar-refractivity contribution in [1.82, 2.24) is 5.32 Å². The molecular formula is C12H24N2O. The number of amides is 1. The van der Waals surface area contributed by atoms with Crippen LogP contribution in [0.15, 0.2) is 0 Å². The Morgan fingerprint density at radius 1 is 1.40 bits per heavy atom. The van der Waals surface area contributed by atoms with Gasteiger partial charge in [0, 0.05) is 6.04 Å². The average Bonchev–Trinajstić information content (AvgIpc) is 1.98. The first kappa shape index (κ1) is 12.5. The lowest BCUT2D eigenvalue weighted by Crippen LogP contribution is -2.48. The van der Waals surface area contributed by atoms with Crippen LogP contribution >= 0.6 is 0 Å². The van der Waals surface area contributed by atoms with E-state index in [0.29, 0.717) is 17.9 Å². The molecule has 3 nitrogen and oxygen atoms in total. The average molecular weight is 212 g/mol. The number of nitrogens with one attached hydrogen (secondary N) is 1. The minimum absolute atomic E-state index is 0.0168. The van der Waals surface area contributed by atoms with Crippen LogP contribution in [0, 0.1) is 11.8 Å². The molecule has 15 heavy (non-hydrogen) atoms. The predicted molar refractivity (Wildman–Crippen MR) is 62.4 cm³/mol. The molecule has 3 heteroatoms. The van der Waals surface area contributed by atoms with Gasteiger partial charge >= 0.3 is 0 Å². The summed E-state index contributed by atoms with van der Waals surface area (Å²) in [6, 6.07) is -0.0445. The van der Waals surface area contributed by atoms with E-state index in [0.717, 1.165) is 6.42 Å². The van der Waals surface area contributed by atoms with E-state index in [2.05, 4.69) is 26.1 Å². The van der Waals surface area contributed by atoms with Crippen molar-refractivity contribution in [3.8, 4) is 0 Å². The molecular weight excluding hydrogens is 188 g/mol. The van der Waals surface area contributed by atoms with E-state index in [-0.39, 0.29) is 11.9 Å². The van der Waals surface area contributed by atoms with Gasteiger partial charge in [-0.15, -0.1) is 0 Å². The molecule has 88 valence electrons. The minimum Gasteiger partial charge on any atom is -0.352 e. The fourth-order valence-corrected chi connectivity index (χ4v) is 2.00. The maximum Gasteiger partial charge on any atom is 0.237 e. The highest BCUT2D eigenvalue weighted by atomic mass is 16.2. The van der Waals surface area contributed by atoms with E-state index in [9.17, 15) is 4.79 Å². The summed E-state index contributed by atoms with van der Waals surface area (Å²) < 4.78 is 0. The molecule has 1 amide bonds. The molecule has 0 radical (unpaired) electrons. The first-order valence-corrected chi connectivity index (χ1v) is 6.06. The fraction of sp³-hybridized carbons (Fsp3) is 0.917. The van der Waals surface area contributed by atoms with Crippen molar-refractivity contribution in [1.29, 1.82) is 0 Å². The summed E-state index contributed by atoms with van der Waals surface area (Å²) in [5.41, 5.74) is 5.81. The van der Waals surface area contributed by atoms with Gasteiger partial charge in [0.15, 0.2) is 0 Å². The third-order valence-corrected chi connectivity index (χ3v) is 3.29. The lowest BCUT2D eigenvalue weighted by Gasteiger charge is -2.32. The van der Waals surface area contributed by atoms with Crippen LogP contribution in [0.4, 0.5) is 0 Å². The molecule has 1 rings (SSSR count).